The predicted octanol–water partition coefficient (Wildman–Crippen LogP) is 2.16. The summed E-state index contributed by atoms with van der Waals surface area (Å²) in [6.45, 7) is 5.29. The van der Waals surface area contributed by atoms with E-state index in [1.165, 1.54) is 6.92 Å². The third-order valence-corrected chi connectivity index (χ3v) is 2.52. The number of ether oxygens (including phenoxy) is 3. The molecule has 6 heteroatoms. The zero-order valence-electron chi connectivity index (χ0n) is 13.0. The van der Waals surface area contributed by atoms with Gasteiger partial charge in [-0.2, -0.15) is 0 Å². The van der Waals surface area contributed by atoms with Gasteiger partial charge in [-0.05, 0) is 20.3 Å². The van der Waals surface area contributed by atoms with Crippen LogP contribution in [0.4, 0.5) is 0 Å². The highest BCUT2D eigenvalue weighted by Crippen LogP contribution is 2.00. The lowest BCUT2D eigenvalue weighted by Crippen LogP contribution is -2.16. The second-order valence-electron chi connectivity index (χ2n) is 4.44. The largest absolute Gasteiger partial charge is 0.463 e. The number of esters is 3. The number of hydrogen-bond donors (Lipinski definition) is 0. The van der Waals surface area contributed by atoms with Gasteiger partial charge >= 0.3 is 17.9 Å². The highest BCUT2D eigenvalue weighted by Gasteiger charge is 2.10. The van der Waals surface area contributed by atoms with Gasteiger partial charge in [0.05, 0.1) is 13.2 Å². The van der Waals surface area contributed by atoms with Crippen molar-refractivity contribution in [1.29, 1.82) is 0 Å². The minimum atomic E-state index is -0.775. The van der Waals surface area contributed by atoms with Crippen molar-refractivity contribution in [2.75, 3.05) is 19.8 Å². The first-order valence-electron chi connectivity index (χ1n) is 7.19. The molecule has 0 aliphatic heterocycles. The van der Waals surface area contributed by atoms with Gasteiger partial charge in [0.25, 0.3) is 0 Å². The second-order valence-corrected chi connectivity index (χ2v) is 4.44. The van der Waals surface area contributed by atoms with E-state index in [2.05, 4.69) is 11.7 Å². The first kappa shape index (κ1) is 19.1. The van der Waals surface area contributed by atoms with Crippen LogP contribution in [0.5, 0.6) is 0 Å². The lowest BCUT2D eigenvalue weighted by Gasteiger charge is -2.05. The van der Waals surface area contributed by atoms with Crippen LogP contribution < -0.4 is 0 Å². The molecule has 0 unspecified atom stereocenters. The summed E-state index contributed by atoms with van der Waals surface area (Å²) in [4.78, 5) is 33.9. The molecule has 0 aromatic heterocycles. The molecule has 0 amide bonds. The highest BCUT2D eigenvalue weighted by molar-refractivity contribution is 5.96. The fourth-order valence-electron chi connectivity index (χ4n) is 1.41. The minimum Gasteiger partial charge on any atom is -0.463 e. The maximum Gasteiger partial charge on any atom is 0.344 e. The van der Waals surface area contributed by atoms with E-state index in [1.807, 2.05) is 0 Å². The summed E-state index contributed by atoms with van der Waals surface area (Å²) >= 11 is 0. The molecule has 0 rings (SSSR count). The Balaban J connectivity index is 3.89. The Morgan fingerprint density at radius 1 is 0.952 bits per heavy atom. The third kappa shape index (κ3) is 10.6. The smallest absolute Gasteiger partial charge is 0.344 e. The van der Waals surface area contributed by atoms with Crippen LogP contribution in [0.2, 0.25) is 0 Å². The molecule has 0 aromatic carbocycles. The first-order valence-corrected chi connectivity index (χ1v) is 7.19. The molecule has 21 heavy (non-hydrogen) atoms. The zero-order valence-corrected chi connectivity index (χ0v) is 13.0. The monoisotopic (exact) mass is 300 g/mol. The molecule has 0 saturated carbocycles. The van der Waals surface area contributed by atoms with E-state index in [0.717, 1.165) is 31.8 Å². The molecule has 0 aromatic rings. The van der Waals surface area contributed by atoms with Crippen LogP contribution in [0.15, 0.2) is 11.6 Å². The molecular formula is C15H24O6. The summed E-state index contributed by atoms with van der Waals surface area (Å²) in [5.74, 6) is -1.96. The Kier molecular flexibility index (Phi) is 10.9. The molecule has 0 aliphatic carbocycles. The van der Waals surface area contributed by atoms with Gasteiger partial charge in [-0.1, -0.05) is 26.2 Å². The van der Waals surface area contributed by atoms with Gasteiger partial charge in [-0.25, -0.2) is 14.4 Å². The molecule has 0 bridgehead atoms. The molecular weight excluding hydrogens is 276 g/mol. The Labute approximate surface area is 125 Å². The third-order valence-electron chi connectivity index (χ3n) is 2.52. The minimum absolute atomic E-state index is 0.120. The molecule has 0 aliphatic rings. The molecule has 0 fully saturated rings. The lowest BCUT2D eigenvalue weighted by molar-refractivity contribution is -0.156. The molecule has 0 atom stereocenters. The van der Waals surface area contributed by atoms with E-state index in [9.17, 15) is 14.4 Å². The average molecular weight is 300 g/mol. The van der Waals surface area contributed by atoms with Crippen LogP contribution in [-0.2, 0) is 28.6 Å². The van der Waals surface area contributed by atoms with Crippen LogP contribution >= 0.6 is 0 Å². The van der Waals surface area contributed by atoms with Crippen LogP contribution in [-0.4, -0.2) is 37.7 Å². The van der Waals surface area contributed by atoms with Crippen LogP contribution in [0.1, 0.15) is 46.5 Å². The molecule has 6 nitrogen and oxygen atoms in total. The van der Waals surface area contributed by atoms with Gasteiger partial charge in [0.2, 0.25) is 0 Å². The van der Waals surface area contributed by atoms with E-state index in [-0.39, 0.29) is 12.2 Å². The van der Waals surface area contributed by atoms with Crippen LogP contribution in [0, 0.1) is 0 Å². The Morgan fingerprint density at radius 2 is 1.67 bits per heavy atom. The van der Waals surface area contributed by atoms with Crippen molar-refractivity contribution < 1.29 is 28.6 Å². The van der Waals surface area contributed by atoms with Crippen molar-refractivity contribution >= 4 is 17.9 Å². The van der Waals surface area contributed by atoms with Gasteiger partial charge in [0.1, 0.15) is 0 Å². The average Bonchev–Trinajstić information content (AvgIpc) is 2.45. The Hall–Kier alpha value is -1.85. The van der Waals surface area contributed by atoms with Crippen molar-refractivity contribution in [3.63, 3.8) is 0 Å². The van der Waals surface area contributed by atoms with Gasteiger partial charge < -0.3 is 14.2 Å². The van der Waals surface area contributed by atoms with Gasteiger partial charge in [-0.15, -0.1) is 0 Å². The van der Waals surface area contributed by atoms with Gasteiger partial charge in [0, 0.05) is 11.6 Å². The molecule has 0 radical (unpaired) electrons. The first-order chi connectivity index (χ1) is 10.0. The topological polar surface area (TPSA) is 78.9 Å². The Morgan fingerprint density at radius 3 is 2.29 bits per heavy atom. The number of rotatable bonds is 10. The fraction of sp³-hybridized carbons (Fsp3) is 0.667. The normalized spacial score (nSPS) is 10.9. The van der Waals surface area contributed by atoms with Crippen molar-refractivity contribution in [2.24, 2.45) is 0 Å². The summed E-state index contributed by atoms with van der Waals surface area (Å²) in [5, 5.41) is 0. The quantitative estimate of drug-likeness (QED) is 0.266. The number of carbonyl (C=O) groups excluding carboxylic acids is 3. The van der Waals surface area contributed by atoms with Crippen molar-refractivity contribution in [3.8, 4) is 0 Å². The van der Waals surface area contributed by atoms with Crippen LogP contribution in [0.25, 0.3) is 0 Å². The van der Waals surface area contributed by atoms with Gasteiger partial charge in [-0.3, -0.25) is 0 Å². The van der Waals surface area contributed by atoms with E-state index in [0.29, 0.717) is 6.61 Å². The predicted molar refractivity (Wildman–Crippen MR) is 76.5 cm³/mol. The Bertz CT molecular complexity index is 372. The molecule has 0 heterocycles. The standard InChI is InChI=1S/C15H24O6/c1-4-6-7-8-9-20-14(17)11-21-13(16)10-12(3)15(18)19-5-2/h10H,4-9,11H2,1-3H3/b12-10-. The molecule has 120 valence electrons. The van der Waals surface area contributed by atoms with Crippen molar-refractivity contribution in [1.82, 2.24) is 0 Å². The van der Waals surface area contributed by atoms with E-state index in [4.69, 9.17) is 9.47 Å². The zero-order chi connectivity index (χ0) is 16.1. The highest BCUT2D eigenvalue weighted by atomic mass is 16.6. The molecule has 0 spiro atoms. The SMILES string of the molecule is CCCCCCOC(=O)COC(=O)/C=C(/C)C(=O)OCC. The van der Waals surface area contributed by atoms with Gasteiger partial charge in [0.15, 0.2) is 6.61 Å². The number of carbonyl (C=O) groups is 3. The number of unbranched alkanes of at least 4 members (excludes halogenated alkanes) is 3. The molecule has 0 N–H and O–H groups in total. The van der Waals surface area contributed by atoms with E-state index < -0.39 is 24.5 Å². The lowest BCUT2D eigenvalue weighted by atomic mass is 10.2. The van der Waals surface area contributed by atoms with Crippen molar-refractivity contribution in [2.45, 2.75) is 46.5 Å². The second kappa shape index (κ2) is 11.9. The summed E-state index contributed by atoms with van der Waals surface area (Å²) in [7, 11) is 0. The van der Waals surface area contributed by atoms with Crippen molar-refractivity contribution in [3.05, 3.63) is 11.6 Å². The van der Waals surface area contributed by atoms with Crippen LogP contribution in [0.3, 0.4) is 0 Å². The summed E-state index contributed by atoms with van der Waals surface area (Å²) in [6, 6.07) is 0. The van der Waals surface area contributed by atoms with E-state index in [1.54, 1.807) is 6.92 Å². The summed E-state index contributed by atoms with van der Waals surface area (Å²) in [5.41, 5.74) is 0.120. The maximum atomic E-state index is 11.4. The fourth-order valence-corrected chi connectivity index (χ4v) is 1.41. The maximum absolute atomic E-state index is 11.4. The molecule has 0 saturated heterocycles. The number of hydrogen-bond acceptors (Lipinski definition) is 6. The summed E-state index contributed by atoms with van der Waals surface area (Å²) < 4.78 is 14.3. The van der Waals surface area contributed by atoms with E-state index >= 15 is 0 Å². The summed E-state index contributed by atoms with van der Waals surface area (Å²) in [6.07, 6.45) is 5.01.